The van der Waals surface area contributed by atoms with Crippen LogP contribution in [0.25, 0.3) is 0 Å². The number of ether oxygens (including phenoxy) is 1. The number of hydrogen-bond acceptors (Lipinski definition) is 5. The average molecular weight is 292 g/mol. The van der Waals surface area contributed by atoms with Crippen LogP contribution < -0.4 is 0 Å². The number of β-amino-alcohol motifs (C(OH)–C–C–N with tert-alkyl or cyclic N) is 1. The van der Waals surface area contributed by atoms with Crippen molar-refractivity contribution in [1.82, 2.24) is 9.21 Å². The van der Waals surface area contributed by atoms with Gasteiger partial charge in [0.25, 0.3) is 0 Å². The minimum absolute atomic E-state index is 0.0453. The first-order chi connectivity index (χ1) is 8.88. The quantitative estimate of drug-likeness (QED) is 0.739. The lowest BCUT2D eigenvalue weighted by molar-refractivity contribution is 0.126. The zero-order valence-electron chi connectivity index (χ0n) is 11.7. The molecule has 112 valence electrons. The van der Waals surface area contributed by atoms with Crippen LogP contribution in [0.5, 0.6) is 0 Å². The van der Waals surface area contributed by atoms with Crippen LogP contribution in [0.3, 0.4) is 0 Å². The summed E-state index contributed by atoms with van der Waals surface area (Å²) in [7, 11) is 0.475. The Morgan fingerprint density at radius 1 is 1.42 bits per heavy atom. The Labute approximate surface area is 115 Å². The fourth-order valence-corrected chi connectivity index (χ4v) is 4.83. The van der Waals surface area contributed by atoms with Gasteiger partial charge in [-0.1, -0.05) is 0 Å². The van der Waals surface area contributed by atoms with Crippen molar-refractivity contribution in [2.45, 2.75) is 37.5 Å². The first kappa shape index (κ1) is 15.2. The standard InChI is InChI=1S/C12H24N2O4S/c1-13(2)7-10-6-11(15)8-14(10)19(16,17)9-12-4-3-5-18-12/h10-12,15H,3-9H2,1-2H3. The van der Waals surface area contributed by atoms with E-state index >= 15 is 0 Å². The zero-order valence-corrected chi connectivity index (χ0v) is 12.5. The molecule has 0 aliphatic carbocycles. The van der Waals surface area contributed by atoms with Gasteiger partial charge in [-0.25, -0.2) is 8.42 Å². The molecule has 0 aromatic heterocycles. The number of sulfonamides is 1. The molecule has 3 unspecified atom stereocenters. The van der Waals surface area contributed by atoms with Crippen molar-refractivity contribution in [3.63, 3.8) is 0 Å². The van der Waals surface area contributed by atoms with Crippen LogP contribution >= 0.6 is 0 Å². The number of aliphatic hydroxyl groups excluding tert-OH is 1. The lowest BCUT2D eigenvalue weighted by atomic mass is 10.2. The van der Waals surface area contributed by atoms with Gasteiger partial charge in [-0.15, -0.1) is 0 Å². The molecule has 2 aliphatic rings. The molecule has 0 bridgehead atoms. The number of likely N-dealkylation sites (N-methyl/N-ethyl adjacent to an activating group) is 1. The summed E-state index contributed by atoms with van der Waals surface area (Å²) in [6.45, 7) is 1.51. The fraction of sp³-hybridized carbons (Fsp3) is 1.00. The molecule has 0 spiro atoms. The van der Waals surface area contributed by atoms with Crippen molar-refractivity contribution in [3.8, 4) is 0 Å². The van der Waals surface area contributed by atoms with Crippen molar-refractivity contribution in [2.24, 2.45) is 0 Å². The van der Waals surface area contributed by atoms with Crippen molar-refractivity contribution < 1.29 is 18.3 Å². The first-order valence-electron chi connectivity index (χ1n) is 6.82. The normalized spacial score (nSPS) is 33.4. The summed E-state index contributed by atoms with van der Waals surface area (Å²) in [6.07, 6.45) is 1.54. The van der Waals surface area contributed by atoms with Crippen molar-refractivity contribution in [3.05, 3.63) is 0 Å². The number of aliphatic hydroxyl groups is 1. The van der Waals surface area contributed by atoms with E-state index in [0.29, 0.717) is 19.6 Å². The second-order valence-electron chi connectivity index (χ2n) is 5.79. The van der Waals surface area contributed by atoms with E-state index in [1.165, 1.54) is 4.31 Å². The lowest BCUT2D eigenvalue weighted by Crippen LogP contribution is -2.44. The molecule has 2 saturated heterocycles. The van der Waals surface area contributed by atoms with E-state index < -0.39 is 16.1 Å². The Kier molecular flexibility index (Phi) is 4.84. The highest BCUT2D eigenvalue weighted by molar-refractivity contribution is 7.89. The predicted molar refractivity (Wildman–Crippen MR) is 72.4 cm³/mol. The summed E-state index contributed by atoms with van der Waals surface area (Å²) in [6, 6.07) is -0.128. The van der Waals surface area contributed by atoms with Gasteiger partial charge in [-0.3, -0.25) is 0 Å². The summed E-state index contributed by atoms with van der Waals surface area (Å²) in [5.41, 5.74) is 0. The topological polar surface area (TPSA) is 70.1 Å². The van der Waals surface area contributed by atoms with Crippen LogP contribution in [0.2, 0.25) is 0 Å². The third-order valence-corrected chi connectivity index (χ3v) is 5.65. The minimum Gasteiger partial charge on any atom is -0.392 e. The van der Waals surface area contributed by atoms with Crippen LogP contribution in [0.15, 0.2) is 0 Å². The Balaban J connectivity index is 2.04. The summed E-state index contributed by atoms with van der Waals surface area (Å²) < 4.78 is 31.8. The molecular formula is C12H24N2O4S. The van der Waals surface area contributed by atoms with Gasteiger partial charge in [0.05, 0.1) is 18.0 Å². The lowest BCUT2D eigenvalue weighted by Gasteiger charge is -2.27. The van der Waals surface area contributed by atoms with Crippen molar-refractivity contribution in [1.29, 1.82) is 0 Å². The van der Waals surface area contributed by atoms with Crippen molar-refractivity contribution in [2.75, 3.05) is 39.5 Å². The largest absolute Gasteiger partial charge is 0.392 e. The zero-order chi connectivity index (χ0) is 14.0. The smallest absolute Gasteiger partial charge is 0.217 e. The summed E-state index contributed by atoms with van der Waals surface area (Å²) in [5, 5.41) is 9.75. The van der Waals surface area contributed by atoms with Crippen LogP contribution in [0, 0.1) is 0 Å². The highest BCUT2D eigenvalue weighted by Gasteiger charge is 2.40. The molecular weight excluding hydrogens is 268 g/mol. The first-order valence-corrected chi connectivity index (χ1v) is 8.43. The van der Waals surface area contributed by atoms with Crippen LogP contribution in [0.4, 0.5) is 0 Å². The molecule has 1 N–H and O–H groups in total. The molecule has 0 radical (unpaired) electrons. The minimum atomic E-state index is -3.35. The highest BCUT2D eigenvalue weighted by atomic mass is 32.2. The molecule has 19 heavy (non-hydrogen) atoms. The molecule has 2 rings (SSSR count). The highest BCUT2D eigenvalue weighted by Crippen LogP contribution is 2.24. The molecule has 2 aliphatic heterocycles. The fourth-order valence-electron chi connectivity index (χ4n) is 2.90. The van der Waals surface area contributed by atoms with E-state index in [2.05, 4.69) is 0 Å². The van der Waals surface area contributed by atoms with Gasteiger partial charge < -0.3 is 14.7 Å². The van der Waals surface area contributed by atoms with Gasteiger partial charge in [0.2, 0.25) is 10.0 Å². The maximum atomic E-state index is 12.4. The maximum Gasteiger partial charge on any atom is 0.217 e. The van der Waals surface area contributed by atoms with Gasteiger partial charge in [-0.05, 0) is 33.4 Å². The number of rotatable bonds is 5. The third kappa shape index (κ3) is 3.88. The molecule has 2 fully saturated rings. The Morgan fingerprint density at radius 2 is 2.16 bits per heavy atom. The van der Waals surface area contributed by atoms with Crippen molar-refractivity contribution >= 4 is 10.0 Å². The van der Waals surface area contributed by atoms with Crippen LogP contribution in [-0.2, 0) is 14.8 Å². The van der Waals surface area contributed by atoms with E-state index in [-0.39, 0.29) is 24.4 Å². The van der Waals surface area contributed by atoms with E-state index in [0.717, 1.165) is 12.8 Å². The molecule has 2 heterocycles. The molecule has 0 aromatic rings. The van der Waals surface area contributed by atoms with Gasteiger partial charge in [0.15, 0.2) is 0 Å². The SMILES string of the molecule is CN(C)CC1CC(O)CN1S(=O)(=O)CC1CCCO1. The Morgan fingerprint density at radius 3 is 2.74 bits per heavy atom. The van der Waals surface area contributed by atoms with Gasteiger partial charge in [-0.2, -0.15) is 4.31 Å². The average Bonchev–Trinajstić information content (AvgIpc) is 2.87. The number of hydrogen-bond donors (Lipinski definition) is 1. The summed E-state index contributed by atoms with van der Waals surface area (Å²) >= 11 is 0. The van der Waals surface area contributed by atoms with Gasteiger partial charge in [0, 0.05) is 25.7 Å². The van der Waals surface area contributed by atoms with Crippen LogP contribution in [0.1, 0.15) is 19.3 Å². The second-order valence-corrected chi connectivity index (χ2v) is 7.76. The van der Waals surface area contributed by atoms with E-state index in [9.17, 15) is 13.5 Å². The number of nitrogens with zero attached hydrogens (tertiary/aromatic N) is 2. The molecule has 3 atom stereocenters. The van der Waals surface area contributed by atoms with E-state index in [1.807, 2.05) is 19.0 Å². The van der Waals surface area contributed by atoms with E-state index in [1.54, 1.807) is 0 Å². The van der Waals surface area contributed by atoms with Gasteiger partial charge in [0.1, 0.15) is 0 Å². The molecule has 0 aromatic carbocycles. The van der Waals surface area contributed by atoms with Crippen LogP contribution in [-0.4, -0.2) is 80.5 Å². The maximum absolute atomic E-state index is 12.4. The Bertz CT molecular complexity index is 393. The monoisotopic (exact) mass is 292 g/mol. The molecule has 6 nitrogen and oxygen atoms in total. The summed E-state index contributed by atoms with van der Waals surface area (Å²) in [5.74, 6) is 0.0453. The third-order valence-electron chi connectivity index (χ3n) is 3.70. The second kappa shape index (κ2) is 6.05. The molecule has 0 amide bonds. The summed E-state index contributed by atoms with van der Waals surface area (Å²) in [4.78, 5) is 1.96. The Hall–Kier alpha value is -0.210. The molecule has 0 saturated carbocycles. The van der Waals surface area contributed by atoms with Gasteiger partial charge >= 0.3 is 0 Å². The molecule has 7 heteroatoms. The predicted octanol–water partition coefficient (Wildman–Crippen LogP) is -0.508. The van der Waals surface area contributed by atoms with E-state index in [4.69, 9.17) is 4.74 Å².